The Balaban J connectivity index is 2.12. The van der Waals surface area contributed by atoms with Gasteiger partial charge in [-0.15, -0.1) is 0 Å². The molecule has 7 nitrogen and oxygen atoms in total. The fraction of sp³-hybridized carbons (Fsp3) is 0.435. The zero-order valence-electron chi connectivity index (χ0n) is 18.5. The molecule has 2 aromatic rings. The average molecular weight is 508 g/mol. The smallest absolute Gasteiger partial charge is 0.301 e. The SMILES string of the molecule is Cc1c(C(N)=O)c(C)n(C)c1C(=O)C(=O)N(c1ccc(F)c(Br)c1)C1(C)CCC(O)CC1. The van der Waals surface area contributed by atoms with Crippen LogP contribution < -0.4 is 10.6 Å². The van der Waals surface area contributed by atoms with Crippen LogP contribution in [0.5, 0.6) is 0 Å². The van der Waals surface area contributed by atoms with Crippen molar-refractivity contribution in [2.45, 2.75) is 58.1 Å². The summed E-state index contributed by atoms with van der Waals surface area (Å²) < 4.78 is 15.6. The van der Waals surface area contributed by atoms with Gasteiger partial charge in [0.2, 0.25) is 0 Å². The van der Waals surface area contributed by atoms with E-state index in [1.165, 1.54) is 27.7 Å². The van der Waals surface area contributed by atoms with Gasteiger partial charge in [-0.2, -0.15) is 0 Å². The number of carbonyl (C=O) groups is 3. The number of hydrogen-bond acceptors (Lipinski definition) is 4. The van der Waals surface area contributed by atoms with Crippen LogP contribution in [0.25, 0.3) is 0 Å². The van der Waals surface area contributed by atoms with Gasteiger partial charge in [-0.3, -0.25) is 19.3 Å². The van der Waals surface area contributed by atoms with E-state index in [-0.39, 0.29) is 15.7 Å². The summed E-state index contributed by atoms with van der Waals surface area (Å²) in [6, 6.07) is 4.16. The maximum Gasteiger partial charge on any atom is 0.301 e. The number of nitrogens with two attached hydrogens (primary N) is 1. The van der Waals surface area contributed by atoms with Gasteiger partial charge < -0.3 is 15.4 Å². The van der Waals surface area contributed by atoms with Crippen LogP contribution in [0.4, 0.5) is 10.1 Å². The largest absolute Gasteiger partial charge is 0.393 e. The number of carbonyl (C=O) groups excluding carboxylic acids is 3. The highest BCUT2D eigenvalue weighted by atomic mass is 79.9. The van der Waals surface area contributed by atoms with Crippen LogP contribution in [0.1, 0.15) is 64.7 Å². The van der Waals surface area contributed by atoms with Crippen molar-refractivity contribution in [1.82, 2.24) is 4.57 Å². The Morgan fingerprint density at radius 3 is 2.34 bits per heavy atom. The van der Waals surface area contributed by atoms with E-state index in [2.05, 4.69) is 15.9 Å². The fourth-order valence-electron chi connectivity index (χ4n) is 4.61. The first-order valence-electron chi connectivity index (χ1n) is 10.4. The summed E-state index contributed by atoms with van der Waals surface area (Å²) in [6.45, 7) is 5.11. The van der Waals surface area contributed by atoms with Gasteiger partial charge in [-0.1, -0.05) is 0 Å². The van der Waals surface area contributed by atoms with Crippen molar-refractivity contribution in [2.75, 3.05) is 4.90 Å². The molecule has 0 spiro atoms. The van der Waals surface area contributed by atoms with Crippen LogP contribution in [0.2, 0.25) is 0 Å². The molecule has 1 heterocycles. The minimum absolute atomic E-state index is 0.0897. The first-order valence-corrected chi connectivity index (χ1v) is 11.2. The Hall–Kier alpha value is -2.52. The summed E-state index contributed by atoms with van der Waals surface area (Å²) >= 11 is 3.16. The van der Waals surface area contributed by atoms with Crippen LogP contribution in [0.3, 0.4) is 0 Å². The summed E-state index contributed by atoms with van der Waals surface area (Å²) in [5, 5.41) is 9.98. The van der Waals surface area contributed by atoms with Crippen LogP contribution >= 0.6 is 15.9 Å². The molecule has 0 aliphatic heterocycles. The van der Waals surface area contributed by atoms with E-state index >= 15 is 0 Å². The van der Waals surface area contributed by atoms with E-state index in [0.29, 0.717) is 42.6 Å². The Morgan fingerprint density at radius 2 is 1.84 bits per heavy atom. The molecular weight excluding hydrogens is 481 g/mol. The topological polar surface area (TPSA) is 106 Å². The summed E-state index contributed by atoms with van der Waals surface area (Å²) in [4.78, 5) is 40.5. The molecule has 3 rings (SSSR count). The van der Waals surface area contributed by atoms with E-state index in [0.717, 1.165) is 0 Å². The van der Waals surface area contributed by atoms with Crippen molar-refractivity contribution >= 4 is 39.2 Å². The highest BCUT2D eigenvalue weighted by Crippen LogP contribution is 2.38. The number of aliphatic hydroxyl groups excluding tert-OH is 1. The number of anilines is 1. The van der Waals surface area contributed by atoms with Gasteiger partial charge in [-0.25, -0.2) is 4.39 Å². The molecule has 1 aliphatic carbocycles. The molecule has 9 heteroatoms. The predicted octanol–water partition coefficient (Wildman–Crippen LogP) is 3.55. The number of hydrogen-bond donors (Lipinski definition) is 2. The number of primary amides is 1. The zero-order valence-corrected chi connectivity index (χ0v) is 20.1. The monoisotopic (exact) mass is 507 g/mol. The van der Waals surface area contributed by atoms with Crippen LogP contribution in [0.15, 0.2) is 22.7 Å². The summed E-state index contributed by atoms with van der Waals surface area (Å²) in [5.41, 5.74) is 6.24. The van der Waals surface area contributed by atoms with Gasteiger partial charge >= 0.3 is 5.91 Å². The molecule has 0 atom stereocenters. The minimum atomic E-state index is -0.790. The quantitative estimate of drug-likeness (QED) is 0.476. The Morgan fingerprint density at radius 1 is 1.25 bits per heavy atom. The Labute approximate surface area is 194 Å². The zero-order chi connectivity index (χ0) is 24.0. The third-order valence-corrected chi connectivity index (χ3v) is 7.13. The molecule has 1 aromatic carbocycles. The molecule has 0 unspecified atom stereocenters. The molecular formula is C23H27BrFN3O4. The van der Waals surface area contributed by atoms with Crippen molar-refractivity contribution in [3.63, 3.8) is 0 Å². The molecule has 0 radical (unpaired) electrons. The van der Waals surface area contributed by atoms with Gasteiger partial charge in [0, 0.05) is 24.0 Å². The Kier molecular flexibility index (Phi) is 6.62. The molecule has 0 saturated heterocycles. The van der Waals surface area contributed by atoms with Crippen molar-refractivity contribution in [3.05, 3.63) is 51.0 Å². The first-order chi connectivity index (χ1) is 14.9. The number of aliphatic hydroxyl groups is 1. The van der Waals surface area contributed by atoms with Crippen molar-refractivity contribution in [2.24, 2.45) is 12.8 Å². The van der Waals surface area contributed by atoms with Crippen LogP contribution in [-0.2, 0) is 11.8 Å². The highest BCUT2D eigenvalue weighted by Gasteiger charge is 2.43. The molecule has 172 valence electrons. The number of aromatic nitrogens is 1. The number of halogens is 2. The molecule has 3 N–H and O–H groups in total. The predicted molar refractivity (Wildman–Crippen MR) is 122 cm³/mol. The van der Waals surface area contributed by atoms with Gasteiger partial charge in [0.15, 0.2) is 0 Å². The fourth-order valence-corrected chi connectivity index (χ4v) is 4.98. The van der Waals surface area contributed by atoms with E-state index in [9.17, 15) is 23.9 Å². The molecule has 1 saturated carbocycles. The normalized spacial score (nSPS) is 20.8. The van der Waals surface area contributed by atoms with Crippen LogP contribution in [0, 0.1) is 19.7 Å². The first kappa shape index (κ1) is 24.1. The number of ketones is 1. The third-order valence-electron chi connectivity index (χ3n) is 6.52. The van der Waals surface area contributed by atoms with Crippen LogP contribution in [-0.4, -0.2) is 38.9 Å². The number of Topliss-reactive ketones (excluding diaryl/α,β-unsaturated/α-hetero) is 1. The Bertz CT molecular complexity index is 1100. The molecule has 1 aliphatic rings. The van der Waals surface area contributed by atoms with Gasteiger partial charge in [0.25, 0.3) is 11.7 Å². The second-order valence-electron chi connectivity index (χ2n) is 8.65. The van der Waals surface area contributed by atoms with E-state index < -0.39 is 35.1 Å². The van der Waals surface area contributed by atoms with Crippen molar-refractivity contribution < 1.29 is 23.9 Å². The molecule has 2 amide bonds. The number of amides is 2. The molecule has 0 bridgehead atoms. The standard InChI is InChI=1S/C23H27BrFN3O4/c1-12-18(21(26)31)13(2)27(4)19(12)20(30)22(32)28(14-5-6-17(25)16(24)11-14)23(3)9-7-15(29)8-10-23/h5-6,11,15,29H,7-10H2,1-4H3,(H2,26,31). The highest BCUT2D eigenvalue weighted by molar-refractivity contribution is 9.10. The van der Waals surface area contributed by atoms with Gasteiger partial charge in [0.1, 0.15) is 5.82 Å². The van der Waals surface area contributed by atoms with E-state index in [4.69, 9.17) is 5.73 Å². The lowest BCUT2D eigenvalue weighted by molar-refractivity contribution is -0.116. The molecule has 1 aromatic heterocycles. The average Bonchev–Trinajstić information content (AvgIpc) is 2.95. The second-order valence-corrected chi connectivity index (χ2v) is 9.51. The van der Waals surface area contributed by atoms with Crippen molar-refractivity contribution in [3.8, 4) is 0 Å². The molecule has 1 fully saturated rings. The maximum atomic E-state index is 13.9. The minimum Gasteiger partial charge on any atom is -0.393 e. The molecule has 32 heavy (non-hydrogen) atoms. The van der Waals surface area contributed by atoms with E-state index in [1.54, 1.807) is 20.9 Å². The lowest BCUT2D eigenvalue weighted by Crippen LogP contribution is -2.55. The third kappa shape index (κ3) is 4.11. The van der Waals surface area contributed by atoms with E-state index in [1.807, 2.05) is 6.92 Å². The lowest BCUT2D eigenvalue weighted by atomic mass is 9.80. The lowest BCUT2D eigenvalue weighted by Gasteiger charge is -2.44. The van der Waals surface area contributed by atoms with Gasteiger partial charge in [0.05, 0.1) is 21.8 Å². The van der Waals surface area contributed by atoms with Gasteiger partial charge in [-0.05, 0) is 86.1 Å². The summed E-state index contributed by atoms with van der Waals surface area (Å²) in [7, 11) is 1.60. The van der Waals surface area contributed by atoms with Crippen molar-refractivity contribution in [1.29, 1.82) is 0 Å². The number of nitrogens with zero attached hydrogens (tertiary/aromatic N) is 2. The second kappa shape index (κ2) is 8.78. The number of benzene rings is 1. The summed E-state index contributed by atoms with van der Waals surface area (Å²) in [5.74, 6) is -2.73. The summed E-state index contributed by atoms with van der Waals surface area (Å²) in [6.07, 6.45) is 1.43. The number of rotatable bonds is 5. The maximum absolute atomic E-state index is 13.9.